The van der Waals surface area contributed by atoms with E-state index in [9.17, 15) is 4.79 Å². The Morgan fingerprint density at radius 2 is 1.95 bits per heavy atom. The molecule has 1 aliphatic heterocycles. The second-order valence-electron chi connectivity index (χ2n) is 6.27. The van der Waals surface area contributed by atoms with Crippen molar-refractivity contribution in [2.24, 2.45) is 0 Å². The first kappa shape index (κ1) is 15.9. The van der Waals surface area contributed by atoms with Crippen molar-refractivity contribution in [1.29, 1.82) is 5.26 Å². The molecule has 0 aromatic heterocycles. The van der Waals surface area contributed by atoms with Crippen molar-refractivity contribution in [1.82, 2.24) is 0 Å². The van der Waals surface area contributed by atoms with Crippen LogP contribution in [0, 0.1) is 11.3 Å². The summed E-state index contributed by atoms with van der Waals surface area (Å²) in [4.78, 5) is 11.8. The smallest absolute Gasteiger partial charge is 0.308 e. The second-order valence-corrected chi connectivity index (χ2v) is 6.27. The molecule has 0 spiro atoms. The number of nitriles is 1. The SMILES string of the molecule is CC(C)(C)OC(=O)C[C@H]1CC(CC#N)OC(C)(C)O1. The summed E-state index contributed by atoms with van der Waals surface area (Å²) in [5, 5.41) is 8.75. The Labute approximate surface area is 114 Å². The molecule has 0 aromatic carbocycles. The van der Waals surface area contributed by atoms with Crippen LogP contribution in [0.5, 0.6) is 0 Å². The fourth-order valence-corrected chi connectivity index (χ4v) is 2.14. The van der Waals surface area contributed by atoms with Crippen molar-refractivity contribution in [2.45, 2.75) is 77.5 Å². The zero-order valence-electron chi connectivity index (χ0n) is 12.4. The van der Waals surface area contributed by atoms with Crippen LogP contribution in [0.4, 0.5) is 0 Å². The first-order valence-corrected chi connectivity index (χ1v) is 6.56. The van der Waals surface area contributed by atoms with Gasteiger partial charge in [-0.3, -0.25) is 4.79 Å². The molecule has 1 heterocycles. The van der Waals surface area contributed by atoms with Crippen molar-refractivity contribution in [3.05, 3.63) is 0 Å². The van der Waals surface area contributed by atoms with E-state index in [4.69, 9.17) is 19.5 Å². The van der Waals surface area contributed by atoms with E-state index in [0.29, 0.717) is 12.8 Å². The molecule has 0 radical (unpaired) electrons. The fraction of sp³-hybridized carbons (Fsp3) is 0.857. The van der Waals surface area contributed by atoms with Crippen LogP contribution in [0.15, 0.2) is 0 Å². The summed E-state index contributed by atoms with van der Waals surface area (Å²) in [6, 6.07) is 2.09. The van der Waals surface area contributed by atoms with E-state index in [1.807, 2.05) is 20.8 Å². The van der Waals surface area contributed by atoms with Gasteiger partial charge >= 0.3 is 5.97 Å². The summed E-state index contributed by atoms with van der Waals surface area (Å²) < 4.78 is 16.6. The highest BCUT2D eigenvalue weighted by Crippen LogP contribution is 2.30. The highest BCUT2D eigenvalue weighted by molar-refractivity contribution is 5.70. The predicted octanol–water partition coefficient (Wildman–Crippen LogP) is 2.54. The van der Waals surface area contributed by atoms with E-state index in [1.165, 1.54) is 0 Å². The Bertz CT molecular complexity index is 365. The molecular weight excluding hydrogens is 246 g/mol. The van der Waals surface area contributed by atoms with Crippen LogP contribution in [-0.2, 0) is 19.0 Å². The molecule has 0 saturated carbocycles. The topological polar surface area (TPSA) is 68.6 Å². The lowest BCUT2D eigenvalue weighted by molar-refractivity contribution is -0.298. The third-order valence-electron chi connectivity index (χ3n) is 2.56. The molecule has 0 N–H and O–H groups in total. The van der Waals surface area contributed by atoms with E-state index in [-0.39, 0.29) is 24.6 Å². The van der Waals surface area contributed by atoms with Gasteiger partial charge in [0.25, 0.3) is 0 Å². The minimum atomic E-state index is -0.771. The van der Waals surface area contributed by atoms with Gasteiger partial charge in [-0.2, -0.15) is 5.26 Å². The maximum absolute atomic E-state index is 11.8. The number of nitrogens with zero attached hydrogens (tertiary/aromatic N) is 1. The third kappa shape index (κ3) is 6.04. The van der Waals surface area contributed by atoms with Gasteiger partial charge in [-0.1, -0.05) is 0 Å². The molecule has 0 amide bonds. The minimum absolute atomic E-state index is 0.186. The Kier molecular flexibility index (Phi) is 4.94. The Hall–Kier alpha value is -1.12. The molecule has 2 atom stereocenters. The van der Waals surface area contributed by atoms with Gasteiger partial charge < -0.3 is 14.2 Å². The van der Waals surface area contributed by atoms with Gasteiger partial charge in [-0.25, -0.2) is 0 Å². The molecule has 0 aromatic rings. The first-order chi connectivity index (χ1) is 8.61. The lowest BCUT2D eigenvalue weighted by Gasteiger charge is -2.40. The summed E-state index contributed by atoms with van der Waals surface area (Å²) in [6.45, 7) is 9.08. The zero-order chi connectivity index (χ0) is 14.7. The summed E-state index contributed by atoms with van der Waals surface area (Å²) >= 11 is 0. The van der Waals surface area contributed by atoms with Gasteiger partial charge in [-0.15, -0.1) is 0 Å². The van der Waals surface area contributed by atoms with Crippen LogP contribution in [0.1, 0.15) is 53.9 Å². The molecule has 5 nitrogen and oxygen atoms in total. The molecule has 1 saturated heterocycles. The van der Waals surface area contributed by atoms with Crippen molar-refractivity contribution < 1.29 is 19.0 Å². The van der Waals surface area contributed by atoms with Crippen LogP contribution in [-0.4, -0.2) is 29.6 Å². The lowest BCUT2D eigenvalue weighted by Crippen LogP contribution is -2.45. The number of hydrogen-bond donors (Lipinski definition) is 0. The highest BCUT2D eigenvalue weighted by Gasteiger charge is 2.36. The quantitative estimate of drug-likeness (QED) is 0.736. The molecule has 19 heavy (non-hydrogen) atoms. The molecular formula is C14H23NO4. The van der Waals surface area contributed by atoms with E-state index >= 15 is 0 Å². The van der Waals surface area contributed by atoms with Crippen LogP contribution >= 0.6 is 0 Å². The van der Waals surface area contributed by atoms with Crippen molar-refractivity contribution in [3.63, 3.8) is 0 Å². The van der Waals surface area contributed by atoms with Crippen LogP contribution in [0.2, 0.25) is 0 Å². The number of hydrogen-bond acceptors (Lipinski definition) is 5. The maximum atomic E-state index is 11.8. The first-order valence-electron chi connectivity index (χ1n) is 6.56. The van der Waals surface area contributed by atoms with Crippen molar-refractivity contribution in [3.8, 4) is 6.07 Å². The van der Waals surface area contributed by atoms with Gasteiger partial charge in [0.05, 0.1) is 31.1 Å². The molecule has 108 valence electrons. The molecule has 0 aliphatic carbocycles. The monoisotopic (exact) mass is 269 g/mol. The Balaban J connectivity index is 2.57. The van der Waals surface area contributed by atoms with Gasteiger partial charge in [0.2, 0.25) is 0 Å². The van der Waals surface area contributed by atoms with Crippen LogP contribution < -0.4 is 0 Å². The summed E-state index contributed by atoms with van der Waals surface area (Å²) in [5.41, 5.74) is -0.496. The molecule has 1 aliphatic rings. The van der Waals surface area contributed by atoms with Gasteiger partial charge in [0.1, 0.15) is 5.60 Å². The molecule has 1 rings (SSSR count). The second kappa shape index (κ2) is 5.89. The molecule has 0 bridgehead atoms. The van der Waals surface area contributed by atoms with Crippen molar-refractivity contribution in [2.75, 3.05) is 0 Å². The highest BCUT2D eigenvalue weighted by atomic mass is 16.7. The molecule has 1 fully saturated rings. The number of rotatable bonds is 3. The average molecular weight is 269 g/mol. The van der Waals surface area contributed by atoms with Crippen LogP contribution in [0.25, 0.3) is 0 Å². The zero-order valence-corrected chi connectivity index (χ0v) is 12.4. The van der Waals surface area contributed by atoms with Gasteiger partial charge in [0.15, 0.2) is 5.79 Å². The standard InChI is InChI=1S/C14H23NO4/c1-13(2,3)19-12(16)9-11-8-10(6-7-15)17-14(4,5)18-11/h10-11H,6,8-9H2,1-5H3/t10?,11-/m1/s1. The number of carbonyl (C=O) groups excluding carboxylic acids is 1. The van der Waals surface area contributed by atoms with E-state index in [0.717, 1.165) is 0 Å². The molecule has 1 unspecified atom stereocenters. The van der Waals surface area contributed by atoms with E-state index in [2.05, 4.69) is 6.07 Å². The summed E-state index contributed by atoms with van der Waals surface area (Å²) in [7, 11) is 0. The van der Waals surface area contributed by atoms with E-state index in [1.54, 1.807) is 13.8 Å². The van der Waals surface area contributed by atoms with Crippen LogP contribution in [0.3, 0.4) is 0 Å². The average Bonchev–Trinajstić information content (AvgIpc) is 2.10. The number of ether oxygens (including phenoxy) is 3. The van der Waals surface area contributed by atoms with Crippen molar-refractivity contribution >= 4 is 5.97 Å². The lowest BCUT2D eigenvalue weighted by atomic mass is 10.0. The fourth-order valence-electron chi connectivity index (χ4n) is 2.14. The Morgan fingerprint density at radius 1 is 1.37 bits per heavy atom. The normalized spacial score (nSPS) is 26.5. The number of esters is 1. The van der Waals surface area contributed by atoms with Gasteiger partial charge in [-0.05, 0) is 34.6 Å². The summed E-state index contributed by atoms with van der Waals surface area (Å²) in [5.74, 6) is -1.06. The third-order valence-corrected chi connectivity index (χ3v) is 2.56. The molecule has 5 heteroatoms. The van der Waals surface area contributed by atoms with E-state index < -0.39 is 11.4 Å². The predicted molar refractivity (Wildman–Crippen MR) is 69.1 cm³/mol. The largest absolute Gasteiger partial charge is 0.460 e. The minimum Gasteiger partial charge on any atom is -0.460 e. The Morgan fingerprint density at radius 3 is 2.47 bits per heavy atom. The summed E-state index contributed by atoms with van der Waals surface area (Å²) in [6.07, 6.45) is 0.568. The maximum Gasteiger partial charge on any atom is 0.308 e. The van der Waals surface area contributed by atoms with Gasteiger partial charge in [0, 0.05) is 6.42 Å². The number of carbonyl (C=O) groups is 1.